The molecule has 0 saturated heterocycles. The van der Waals surface area contributed by atoms with Crippen LogP contribution in [0.15, 0.2) is 59.8 Å². The molecule has 5 nitrogen and oxygen atoms in total. The van der Waals surface area contributed by atoms with Crippen molar-refractivity contribution in [2.75, 3.05) is 14.2 Å². The van der Waals surface area contributed by atoms with E-state index in [0.29, 0.717) is 24.5 Å². The van der Waals surface area contributed by atoms with E-state index in [0.717, 1.165) is 26.5 Å². The number of aromatic amines is 1. The summed E-state index contributed by atoms with van der Waals surface area (Å²) in [4.78, 5) is 17.7. The molecule has 0 aliphatic rings. The van der Waals surface area contributed by atoms with Crippen LogP contribution < -0.4 is 9.47 Å². The Kier molecular flexibility index (Phi) is 5.86. The number of hydrogen-bond acceptors (Lipinski definition) is 3. The number of H-pyrrole nitrogens is 1. The number of nitrogens with one attached hydrogen (secondary N) is 1. The summed E-state index contributed by atoms with van der Waals surface area (Å²) in [5.74, 6) is 1.21. The highest BCUT2D eigenvalue weighted by atomic mass is 79.9. The molecule has 1 heterocycles. The number of carbonyl (C=O) groups is 1. The van der Waals surface area contributed by atoms with E-state index in [1.54, 1.807) is 25.3 Å². The topological polar surface area (TPSA) is 54.6 Å². The minimum absolute atomic E-state index is 0.0311. The van der Waals surface area contributed by atoms with Gasteiger partial charge in [0.05, 0.1) is 27.2 Å². The third kappa shape index (κ3) is 4.01. The van der Waals surface area contributed by atoms with Crippen molar-refractivity contribution in [3.05, 3.63) is 71.0 Å². The number of nitrogens with zero attached hydrogens (tertiary/aromatic N) is 1. The van der Waals surface area contributed by atoms with Crippen LogP contribution >= 0.6 is 15.9 Å². The molecule has 0 spiro atoms. The number of fused-ring (bicyclic) bond motifs is 1. The number of hydrogen-bond donors (Lipinski definition) is 1. The lowest BCUT2D eigenvalue weighted by atomic mass is 10.1. The molecule has 0 radical (unpaired) electrons. The number of carbonyl (C=O) groups excluding carboxylic acids is 1. The first-order valence-electron chi connectivity index (χ1n) is 8.44. The van der Waals surface area contributed by atoms with E-state index < -0.39 is 0 Å². The Morgan fingerprint density at radius 1 is 1.19 bits per heavy atom. The third-order valence-corrected chi connectivity index (χ3v) is 5.19. The van der Waals surface area contributed by atoms with Gasteiger partial charge < -0.3 is 19.4 Å². The second-order valence-electron chi connectivity index (χ2n) is 6.04. The predicted molar refractivity (Wildman–Crippen MR) is 110 cm³/mol. The lowest BCUT2D eigenvalue weighted by Crippen LogP contribution is -2.26. The fraction of sp³-hybridized carbons (Fsp3) is 0.190. The van der Waals surface area contributed by atoms with Crippen molar-refractivity contribution < 1.29 is 14.3 Å². The van der Waals surface area contributed by atoms with Crippen molar-refractivity contribution in [2.45, 2.75) is 13.0 Å². The first-order valence-corrected chi connectivity index (χ1v) is 9.24. The first-order chi connectivity index (χ1) is 13.1. The summed E-state index contributed by atoms with van der Waals surface area (Å²) in [6, 6.07) is 11.6. The molecule has 2 aromatic carbocycles. The Bertz CT molecular complexity index is 981. The molecule has 1 N–H and O–H groups in total. The summed E-state index contributed by atoms with van der Waals surface area (Å²) < 4.78 is 11.5. The highest BCUT2D eigenvalue weighted by Gasteiger charge is 2.17. The quantitative estimate of drug-likeness (QED) is 0.594. The highest BCUT2D eigenvalue weighted by Crippen LogP contribution is 2.34. The van der Waals surface area contributed by atoms with Gasteiger partial charge in [-0.1, -0.05) is 40.7 Å². The molecule has 0 aliphatic carbocycles. The van der Waals surface area contributed by atoms with E-state index >= 15 is 0 Å². The van der Waals surface area contributed by atoms with Crippen LogP contribution in [0.3, 0.4) is 0 Å². The van der Waals surface area contributed by atoms with Crippen molar-refractivity contribution >= 4 is 32.7 Å². The maximum absolute atomic E-state index is 12.8. The van der Waals surface area contributed by atoms with Gasteiger partial charge in [0.1, 0.15) is 0 Å². The van der Waals surface area contributed by atoms with E-state index in [4.69, 9.17) is 9.47 Å². The van der Waals surface area contributed by atoms with Crippen LogP contribution in [0, 0.1) is 0 Å². The zero-order chi connectivity index (χ0) is 19.4. The smallest absolute Gasteiger partial charge is 0.231 e. The van der Waals surface area contributed by atoms with Crippen molar-refractivity contribution in [3.8, 4) is 11.5 Å². The number of amides is 1. The fourth-order valence-corrected chi connectivity index (χ4v) is 3.45. The number of rotatable bonds is 7. The summed E-state index contributed by atoms with van der Waals surface area (Å²) in [5, 5.41) is 1.06. The number of ether oxygens (including phenoxy) is 2. The summed E-state index contributed by atoms with van der Waals surface area (Å²) >= 11 is 3.54. The van der Waals surface area contributed by atoms with E-state index in [1.165, 1.54) is 0 Å². The molecule has 0 unspecified atom stereocenters. The number of benzene rings is 2. The molecule has 27 heavy (non-hydrogen) atoms. The van der Waals surface area contributed by atoms with Gasteiger partial charge >= 0.3 is 0 Å². The summed E-state index contributed by atoms with van der Waals surface area (Å²) in [5.41, 5.74) is 2.89. The Morgan fingerprint density at radius 2 is 1.89 bits per heavy atom. The Labute approximate surface area is 166 Å². The minimum Gasteiger partial charge on any atom is -0.493 e. The zero-order valence-electron chi connectivity index (χ0n) is 15.3. The summed E-state index contributed by atoms with van der Waals surface area (Å²) in [6.07, 6.45) is 3.73. The van der Waals surface area contributed by atoms with Crippen LogP contribution in [-0.4, -0.2) is 30.0 Å². The Balaban J connectivity index is 1.81. The molecule has 3 rings (SSSR count). The van der Waals surface area contributed by atoms with E-state index in [2.05, 4.69) is 27.5 Å². The van der Waals surface area contributed by atoms with E-state index in [9.17, 15) is 4.79 Å². The van der Waals surface area contributed by atoms with Gasteiger partial charge in [0, 0.05) is 21.6 Å². The third-order valence-electron chi connectivity index (χ3n) is 4.45. The van der Waals surface area contributed by atoms with Gasteiger partial charge in [0.15, 0.2) is 11.5 Å². The van der Waals surface area contributed by atoms with Gasteiger partial charge in [0.25, 0.3) is 0 Å². The summed E-state index contributed by atoms with van der Waals surface area (Å²) in [7, 11) is 3.17. The molecule has 1 aromatic heterocycles. The van der Waals surface area contributed by atoms with Crippen molar-refractivity contribution in [1.29, 1.82) is 0 Å². The molecular weight excluding hydrogens is 408 g/mol. The molecule has 3 aromatic rings. The lowest BCUT2D eigenvalue weighted by molar-refractivity contribution is -0.128. The van der Waals surface area contributed by atoms with Crippen LogP contribution in [0.1, 0.15) is 11.1 Å². The maximum Gasteiger partial charge on any atom is 0.231 e. The van der Waals surface area contributed by atoms with Gasteiger partial charge in [-0.05, 0) is 35.5 Å². The minimum atomic E-state index is -0.0311. The number of aromatic nitrogens is 1. The van der Waals surface area contributed by atoms with Crippen molar-refractivity contribution in [3.63, 3.8) is 0 Å². The first kappa shape index (κ1) is 19.0. The Morgan fingerprint density at radius 3 is 2.59 bits per heavy atom. The molecule has 6 heteroatoms. The second-order valence-corrected chi connectivity index (χ2v) is 6.89. The lowest BCUT2D eigenvalue weighted by Gasteiger charge is -2.20. The van der Waals surface area contributed by atoms with Gasteiger partial charge in [-0.3, -0.25) is 4.79 Å². The number of halogens is 1. The van der Waals surface area contributed by atoms with Crippen LogP contribution in [0.5, 0.6) is 11.5 Å². The summed E-state index contributed by atoms with van der Waals surface area (Å²) in [6.45, 7) is 4.18. The number of para-hydroxylation sites is 1. The standard InChI is InChI=1S/C21H21BrN2O3/c1-4-24(13-15-9-19(26-2)20(27-3)11-17(15)22)21(25)10-14-12-23-18-8-6-5-7-16(14)18/h4-9,11-12,23H,1,10,13H2,2-3H3. The molecule has 0 fully saturated rings. The van der Waals surface area contributed by atoms with E-state index in [1.807, 2.05) is 42.6 Å². The van der Waals surface area contributed by atoms with Gasteiger partial charge in [-0.2, -0.15) is 0 Å². The van der Waals surface area contributed by atoms with Crippen LogP contribution in [-0.2, 0) is 17.8 Å². The number of methoxy groups -OCH3 is 2. The van der Waals surface area contributed by atoms with Gasteiger partial charge in [-0.15, -0.1) is 0 Å². The maximum atomic E-state index is 12.8. The van der Waals surface area contributed by atoms with Crippen molar-refractivity contribution in [2.24, 2.45) is 0 Å². The predicted octanol–water partition coefficient (Wildman–Crippen LogP) is 4.66. The van der Waals surface area contributed by atoms with Gasteiger partial charge in [0.2, 0.25) is 5.91 Å². The Hall–Kier alpha value is -2.73. The van der Waals surface area contributed by atoms with Crippen LogP contribution in [0.25, 0.3) is 10.9 Å². The zero-order valence-corrected chi connectivity index (χ0v) is 16.9. The van der Waals surface area contributed by atoms with Crippen LogP contribution in [0.2, 0.25) is 0 Å². The molecular formula is C21H21BrN2O3. The van der Waals surface area contributed by atoms with Gasteiger partial charge in [-0.25, -0.2) is 0 Å². The largest absolute Gasteiger partial charge is 0.493 e. The second kappa shape index (κ2) is 8.31. The van der Waals surface area contributed by atoms with Crippen molar-refractivity contribution in [1.82, 2.24) is 9.88 Å². The van der Waals surface area contributed by atoms with Crippen LogP contribution in [0.4, 0.5) is 0 Å². The normalized spacial score (nSPS) is 10.6. The average molecular weight is 429 g/mol. The highest BCUT2D eigenvalue weighted by molar-refractivity contribution is 9.10. The monoisotopic (exact) mass is 428 g/mol. The molecule has 0 bridgehead atoms. The van der Waals surface area contributed by atoms with E-state index in [-0.39, 0.29) is 5.91 Å². The SMILES string of the molecule is C=CN(Cc1cc(OC)c(OC)cc1Br)C(=O)Cc1c[nH]c2ccccc12. The molecule has 140 valence electrons. The average Bonchev–Trinajstić information content (AvgIpc) is 3.09. The molecule has 1 amide bonds. The fourth-order valence-electron chi connectivity index (χ4n) is 3.00. The molecule has 0 aliphatic heterocycles. The molecule has 0 saturated carbocycles. The molecule has 0 atom stereocenters.